The fourth-order valence-corrected chi connectivity index (χ4v) is 2.95. The zero-order valence-electron chi connectivity index (χ0n) is 11.3. The first-order chi connectivity index (χ1) is 8.08. The van der Waals surface area contributed by atoms with Crippen molar-refractivity contribution < 1.29 is 9.84 Å². The summed E-state index contributed by atoms with van der Waals surface area (Å²) < 4.78 is 5.47. The van der Waals surface area contributed by atoms with Gasteiger partial charge in [0.2, 0.25) is 0 Å². The van der Waals surface area contributed by atoms with Crippen molar-refractivity contribution in [2.45, 2.75) is 38.5 Å². The van der Waals surface area contributed by atoms with Gasteiger partial charge in [-0.2, -0.15) is 0 Å². The molecule has 0 saturated carbocycles. The minimum Gasteiger partial charge on any atom is -0.393 e. The molecule has 4 heteroatoms. The quantitative estimate of drug-likeness (QED) is 0.761. The van der Waals surface area contributed by atoms with E-state index < -0.39 is 0 Å². The van der Waals surface area contributed by atoms with Gasteiger partial charge in [0.25, 0.3) is 0 Å². The maximum atomic E-state index is 9.97. The lowest BCUT2D eigenvalue weighted by molar-refractivity contribution is -0.0560. The third kappa shape index (κ3) is 3.19. The van der Waals surface area contributed by atoms with E-state index in [1.54, 1.807) is 0 Å². The largest absolute Gasteiger partial charge is 0.393 e. The van der Waals surface area contributed by atoms with Crippen molar-refractivity contribution in [3.63, 3.8) is 0 Å². The van der Waals surface area contributed by atoms with Crippen molar-refractivity contribution in [2.24, 2.45) is 5.92 Å². The Hall–Kier alpha value is -0.160. The zero-order chi connectivity index (χ0) is 12.4. The van der Waals surface area contributed by atoms with E-state index >= 15 is 0 Å². The molecule has 2 rings (SSSR count). The summed E-state index contributed by atoms with van der Waals surface area (Å²) in [6.45, 7) is 9.16. The molecule has 0 aromatic rings. The van der Waals surface area contributed by atoms with Crippen LogP contribution in [0.1, 0.15) is 20.3 Å². The predicted octanol–water partition coefficient (Wildman–Crippen LogP) is 0.408. The normalized spacial score (nSPS) is 41.6. The first-order valence-corrected chi connectivity index (χ1v) is 6.78. The zero-order valence-corrected chi connectivity index (χ0v) is 11.3. The Morgan fingerprint density at radius 1 is 1.24 bits per heavy atom. The van der Waals surface area contributed by atoms with Gasteiger partial charge in [0.1, 0.15) is 0 Å². The van der Waals surface area contributed by atoms with Crippen LogP contribution < -0.4 is 0 Å². The van der Waals surface area contributed by atoms with Gasteiger partial charge < -0.3 is 9.84 Å². The van der Waals surface area contributed by atoms with E-state index in [0.717, 1.165) is 32.7 Å². The van der Waals surface area contributed by atoms with E-state index in [4.69, 9.17) is 4.74 Å². The van der Waals surface area contributed by atoms with Crippen LogP contribution in [0.4, 0.5) is 0 Å². The lowest BCUT2D eigenvalue weighted by Crippen LogP contribution is -2.56. The SMILES string of the molecule is CC1CN(CC2COCCC2O)CC(C)N1C. The Bertz CT molecular complexity index is 238. The third-order valence-corrected chi connectivity index (χ3v) is 4.36. The third-order valence-electron chi connectivity index (χ3n) is 4.36. The number of nitrogens with zero attached hydrogens (tertiary/aromatic N) is 2. The average Bonchev–Trinajstić information content (AvgIpc) is 2.29. The fourth-order valence-electron chi connectivity index (χ4n) is 2.95. The van der Waals surface area contributed by atoms with Crippen LogP contribution in [0, 0.1) is 5.92 Å². The lowest BCUT2D eigenvalue weighted by atomic mass is 9.97. The van der Waals surface area contributed by atoms with Crippen LogP contribution in [0.25, 0.3) is 0 Å². The highest BCUT2D eigenvalue weighted by Crippen LogP contribution is 2.19. The second kappa shape index (κ2) is 5.65. The van der Waals surface area contributed by atoms with Gasteiger partial charge in [-0.25, -0.2) is 0 Å². The summed E-state index contributed by atoms with van der Waals surface area (Å²) in [6.07, 6.45) is 0.623. The van der Waals surface area contributed by atoms with Crippen molar-refractivity contribution in [1.29, 1.82) is 0 Å². The van der Waals surface area contributed by atoms with Crippen molar-refractivity contribution in [1.82, 2.24) is 9.80 Å². The number of ether oxygens (including phenoxy) is 1. The molecule has 0 aromatic heterocycles. The van der Waals surface area contributed by atoms with Crippen LogP contribution in [0.5, 0.6) is 0 Å². The highest BCUT2D eigenvalue weighted by molar-refractivity contribution is 4.85. The van der Waals surface area contributed by atoms with Crippen LogP contribution in [-0.2, 0) is 4.74 Å². The molecule has 0 amide bonds. The van der Waals surface area contributed by atoms with Gasteiger partial charge in [-0.05, 0) is 27.3 Å². The molecule has 4 nitrogen and oxygen atoms in total. The van der Waals surface area contributed by atoms with E-state index in [-0.39, 0.29) is 6.10 Å². The Balaban J connectivity index is 1.86. The summed E-state index contributed by atoms with van der Waals surface area (Å²) in [5.74, 6) is 0.298. The second-order valence-corrected chi connectivity index (χ2v) is 5.77. The highest BCUT2D eigenvalue weighted by atomic mass is 16.5. The number of aliphatic hydroxyl groups excluding tert-OH is 1. The summed E-state index contributed by atoms with van der Waals surface area (Å²) in [4.78, 5) is 4.92. The monoisotopic (exact) mass is 242 g/mol. The molecule has 4 unspecified atom stereocenters. The minimum atomic E-state index is -0.172. The van der Waals surface area contributed by atoms with Crippen LogP contribution in [0.15, 0.2) is 0 Å². The lowest BCUT2D eigenvalue weighted by Gasteiger charge is -2.44. The number of aliphatic hydroxyl groups is 1. The topological polar surface area (TPSA) is 35.9 Å². The van der Waals surface area contributed by atoms with Crippen molar-refractivity contribution in [3.8, 4) is 0 Å². The molecule has 0 bridgehead atoms. The molecule has 0 aromatic carbocycles. The van der Waals surface area contributed by atoms with Gasteiger partial charge in [0.15, 0.2) is 0 Å². The van der Waals surface area contributed by atoms with E-state index in [9.17, 15) is 5.11 Å². The number of piperazine rings is 1. The number of likely N-dealkylation sites (N-methyl/N-ethyl adjacent to an activating group) is 1. The predicted molar refractivity (Wildman–Crippen MR) is 68.1 cm³/mol. The molecule has 4 atom stereocenters. The molecule has 2 aliphatic heterocycles. The van der Waals surface area contributed by atoms with Crippen LogP contribution in [0.2, 0.25) is 0 Å². The first kappa shape index (κ1) is 13.3. The summed E-state index contributed by atoms with van der Waals surface area (Å²) in [5.41, 5.74) is 0. The second-order valence-electron chi connectivity index (χ2n) is 5.77. The van der Waals surface area contributed by atoms with Crippen molar-refractivity contribution >= 4 is 0 Å². The van der Waals surface area contributed by atoms with E-state index in [1.165, 1.54) is 0 Å². The van der Waals surface area contributed by atoms with Crippen LogP contribution >= 0.6 is 0 Å². The van der Waals surface area contributed by atoms with Gasteiger partial charge in [-0.1, -0.05) is 0 Å². The molecule has 2 fully saturated rings. The molecule has 2 saturated heterocycles. The molecule has 2 aliphatic rings. The molecular weight excluding hydrogens is 216 g/mol. The van der Waals surface area contributed by atoms with Crippen LogP contribution in [-0.4, -0.2) is 73.0 Å². The summed E-state index contributed by atoms with van der Waals surface area (Å²) in [5, 5.41) is 9.97. The van der Waals surface area contributed by atoms with Gasteiger partial charge in [-0.3, -0.25) is 9.80 Å². The molecule has 1 N–H and O–H groups in total. The van der Waals surface area contributed by atoms with Gasteiger partial charge in [-0.15, -0.1) is 0 Å². The number of hydrogen-bond donors (Lipinski definition) is 1. The highest BCUT2D eigenvalue weighted by Gasteiger charge is 2.31. The molecule has 0 aliphatic carbocycles. The van der Waals surface area contributed by atoms with Crippen molar-refractivity contribution in [3.05, 3.63) is 0 Å². The number of hydrogen-bond acceptors (Lipinski definition) is 4. The molecule has 0 spiro atoms. The maximum absolute atomic E-state index is 9.97. The van der Waals surface area contributed by atoms with Gasteiger partial charge >= 0.3 is 0 Å². The smallest absolute Gasteiger partial charge is 0.0624 e. The van der Waals surface area contributed by atoms with E-state index in [1.807, 2.05) is 0 Å². The standard InChI is InChI=1S/C13H26N2O2/c1-10-6-15(7-11(2)14(10)3)8-12-9-17-5-4-13(12)16/h10-13,16H,4-9H2,1-3H3. The van der Waals surface area contributed by atoms with Gasteiger partial charge in [0.05, 0.1) is 12.7 Å². The summed E-state index contributed by atoms with van der Waals surface area (Å²) >= 11 is 0. The molecule has 17 heavy (non-hydrogen) atoms. The molecule has 100 valence electrons. The van der Waals surface area contributed by atoms with E-state index in [0.29, 0.717) is 24.6 Å². The Morgan fingerprint density at radius 3 is 2.47 bits per heavy atom. The van der Waals surface area contributed by atoms with Crippen molar-refractivity contribution in [2.75, 3.05) is 39.9 Å². The molecule has 2 heterocycles. The fraction of sp³-hybridized carbons (Fsp3) is 1.00. The molecular formula is C13H26N2O2. The Morgan fingerprint density at radius 2 is 1.88 bits per heavy atom. The first-order valence-electron chi connectivity index (χ1n) is 6.78. The van der Waals surface area contributed by atoms with Crippen LogP contribution in [0.3, 0.4) is 0 Å². The Kier molecular flexibility index (Phi) is 4.42. The maximum Gasteiger partial charge on any atom is 0.0624 e. The molecule has 0 radical (unpaired) electrons. The Labute approximate surface area is 105 Å². The minimum absolute atomic E-state index is 0.172. The summed E-state index contributed by atoms with van der Waals surface area (Å²) in [7, 11) is 2.20. The number of rotatable bonds is 2. The van der Waals surface area contributed by atoms with E-state index in [2.05, 4.69) is 30.7 Å². The van der Waals surface area contributed by atoms with Gasteiger partial charge in [0, 0.05) is 44.2 Å². The average molecular weight is 242 g/mol. The summed E-state index contributed by atoms with van der Waals surface area (Å²) in [6, 6.07) is 1.20.